The molecule has 0 aliphatic heterocycles. The van der Waals surface area contributed by atoms with Crippen LogP contribution < -0.4 is 10.4 Å². The molecule has 138 valence electrons. The number of hydrogen-bond donors (Lipinski definition) is 1. The molecule has 27 heavy (non-hydrogen) atoms. The standard InChI is InChI=1S/C20H20N4O3/c1-22-15-7-5-12(9-17(15)23(2)20(22)26)14-11-16(24(3)21-14)13-6-8-18(25)19(10-13)27-4/h5-11,25H,1-4H3. The topological polar surface area (TPSA) is 74.2 Å². The van der Waals surface area contributed by atoms with E-state index in [0.717, 1.165) is 33.5 Å². The second-order valence-corrected chi connectivity index (χ2v) is 6.53. The van der Waals surface area contributed by atoms with Crippen LogP contribution in [0.25, 0.3) is 33.5 Å². The van der Waals surface area contributed by atoms with E-state index in [-0.39, 0.29) is 11.4 Å². The molecule has 0 saturated carbocycles. The van der Waals surface area contributed by atoms with Crippen molar-refractivity contribution < 1.29 is 9.84 Å². The summed E-state index contributed by atoms with van der Waals surface area (Å²) < 4.78 is 10.2. The maximum atomic E-state index is 12.1. The number of methoxy groups -OCH3 is 1. The van der Waals surface area contributed by atoms with E-state index in [4.69, 9.17) is 4.74 Å². The van der Waals surface area contributed by atoms with Gasteiger partial charge in [-0.3, -0.25) is 13.8 Å². The highest BCUT2D eigenvalue weighted by molar-refractivity contribution is 5.82. The largest absolute Gasteiger partial charge is 0.504 e. The van der Waals surface area contributed by atoms with Gasteiger partial charge >= 0.3 is 5.69 Å². The Hall–Kier alpha value is -3.48. The molecule has 7 nitrogen and oxygen atoms in total. The molecule has 0 saturated heterocycles. The van der Waals surface area contributed by atoms with Crippen molar-refractivity contribution in [3.05, 3.63) is 52.9 Å². The Morgan fingerprint density at radius 1 is 0.926 bits per heavy atom. The highest BCUT2D eigenvalue weighted by atomic mass is 16.5. The van der Waals surface area contributed by atoms with Crippen LogP contribution in [0, 0.1) is 0 Å². The Kier molecular flexibility index (Phi) is 3.80. The lowest BCUT2D eigenvalue weighted by Crippen LogP contribution is -2.19. The summed E-state index contributed by atoms with van der Waals surface area (Å²) in [6, 6.07) is 13.1. The zero-order valence-corrected chi connectivity index (χ0v) is 15.6. The van der Waals surface area contributed by atoms with Gasteiger partial charge in [0.15, 0.2) is 11.5 Å². The summed E-state index contributed by atoms with van der Waals surface area (Å²) >= 11 is 0. The Labute approximate surface area is 155 Å². The molecular weight excluding hydrogens is 344 g/mol. The van der Waals surface area contributed by atoms with Crippen LogP contribution >= 0.6 is 0 Å². The molecule has 2 aromatic carbocycles. The van der Waals surface area contributed by atoms with E-state index in [9.17, 15) is 9.90 Å². The van der Waals surface area contributed by atoms with Crippen LogP contribution in [-0.4, -0.2) is 31.1 Å². The van der Waals surface area contributed by atoms with E-state index >= 15 is 0 Å². The third-order valence-corrected chi connectivity index (χ3v) is 4.92. The van der Waals surface area contributed by atoms with Crippen LogP contribution in [-0.2, 0) is 21.1 Å². The number of fused-ring (bicyclic) bond motifs is 1. The van der Waals surface area contributed by atoms with E-state index < -0.39 is 0 Å². The van der Waals surface area contributed by atoms with E-state index in [1.807, 2.05) is 37.4 Å². The van der Waals surface area contributed by atoms with Gasteiger partial charge in [-0.2, -0.15) is 5.10 Å². The first-order chi connectivity index (χ1) is 12.9. The fourth-order valence-corrected chi connectivity index (χ4v) is 3.38. The second kappa shape index (κ2) is 6.05. The van der Waals surface area contributed by atoms with E-state index in [2.05, 4.69) is 5.10 Å². The SMILES string of the molecule is COc1cc(-c2cc(-c3ccc4c(c3)n(C)c(=O)n4C)nn2C)ccc1O. The van der Waals surface area contributed by atoms with Crippen LogP contribution in [0.1, 0.15) is 0 Å². The molecule has 4 aromatic rings. The van der Waals surface area contributed by atoms with E-state index in [1.165, 1.54) is 7.11 Å². The molecule has 0 aliphatic rings. The molecular formula is C20H20N4O3. The van der Waals surface area contributed by atoms with Gasteiger partial charge in [0.2, 0.25) is 0 Å². The number of aromatic nitrogens is 4. The number of aromatic hydroxyl groups is 1. The van der Waals surface area contributed by atoms with Gasteiger partial charge in [-0.15, -0.1) is 0 Å². The van der Waals surface area contributed by atoms with Crippen molar-refractivity contribution in [2.45, 2.75) is 0 Å². The lowest BCUT2D eigenvalue weighted by atomic mass is 10.1. The van der Waals surface area contributed by atoms with Gasteiger partial charge in [-0.25, -0.2) is 4.79 Å². The molecule has 2 aromatic heterocycles. The third-order valence-electron chi connectivity index (χ3n) is 4.92. The minimum Gasteiger partial charge on any atom is -0.504 e. The summed E-state index contributed by atoms with van der Waals surface area (Å²) in [6.45, 7) is 0. The molecule has 0 radical (unpaired) electrons. The Bertz CT molecular complexity index is 1230. The highest BCUT2D eigenvalue weighted by Gasteiger charge is 2.14. The normalized spacial score (nSPS) is 11.3. The van der Waals surface area contributed by atoms with Crippen molar-refractivity contribution in [1.29, 1.82) is 0 Å². The number of phenols is 1. The average Bonchev–Trinajstić information content (AvgIpc) is 3.16. The molecule has 0 amide bonds. The quantitative estimate of drug-likeness (QED) is 0.606. The van der Waals surface area contributed by atoms with Crippen LogP contribution in [0.2, 0.25) is 0 Å². The number of ether oxygens (including phenoxy) is 1. The summed E-state index contributed by atoms with van der Waals surface area (Å²) in [4.78, 5) is 12.1. The Balaban J connectivity index is 1.83. The summed E-state index contributed by atoms with van der Waals surface area (Å²) in [7, 11) is 6.92. The zero-order chi connectivity index (χ0) is 19.3. The first-order valence-electron chi connectivity index (χ1n) is 8.48. The highest BCUT2D eigenvalue weighted by Crippen LogP contribution is 2.33. The van der Waals surface area contributed by atoms with Gasteiger partial charge in [-0.05, 0) is 36.4 Å². The molecule has 0 aliphatic carbocycles. The van der Waals surface area contributed by atoms with Gasteiger partial charge in [-0.1, -0.05) is 6.07 Å². The summed E-state index contributed by atoms with van der Waals surface area (Å²) in [5, 5.41) is 14.4. The van der Waals surface area contributed by atoms with Gasteiger partial charge in [0, 0.05) is 32.3 Å². The molecule has 1 N–H and O–H groups in total. The van der Waals surface area contributed by atoms with E-state index in [0.29, 0.717) is 5.75 Å². The van der Waals surface area contributed by atoms with Gasteiger partial charge in [0.05, 0.1) is 29.5 Å². The van der Waals surface area contributed by atoms with Crippen molar-refractivity contribution in [2.75, 3.05) is 7.11 Å². The molecule has 2 heterocycles. The van der Waals surface area contributed by atoms with Gasteiger partial charge < -0.3 is 9.84 Å². The lowest BCUT2D eigenvalue weighted by Gasteiger charge is -2.06. The number of nitrogens with zero attached hydrogens (tertiary/aromatic N) is 4. The first-order valence-corrected chi connectivity index (χ1v) is 8.48. The molecule has 0 atom stereocenters. The Morgan fingerprint density at radius 3 is 2.37 bits per heavy atom. The maximum Gasteiger partial charge on any atom is 0.328 e. The molecule has 4 rings (SSSR count). The Morgan fingerprint density at radius 2 is 1.63 bits per heavy atom. The number of aryl methyl sites for hydroxylation is 3. The summed E-state index contributed by atoms with van der Waals surface area (Å²) in [5.74, 6) is 0.509. The van der Waals surface area contributed by atoms with Crippen molar-refractivity contribution in [1.82, 2.24) is 18.9 Å². The predicted molar refractivity (Wildman–Crippen MR) is 104 cm³/mol. The minimum absolute atomic E-state index is 0.0555. The van der Waals surface area contributed by atoms with Crippen LogP contribution in [0.4, 0.5) is 0 Å². The van der Waals surface area contributed by atoms with Crippen LogP contribution in [0.3, 0.4) is 0 Å². The second-order valence-electron chi connectivity index (χ2n) is 6.53. The molecule has 0 bridgehead atoms. The minimum atomic E-state index is -0.0555. The van der Waals surface area contributed by atoms with Crippen LogP contribution in [0.15, 0.2) is 47.3 Å². The summed E-state index contributed by atoms with van der Waals surface area (Å²) in [5.41, 5.74) is 5.20. The number of phenolic OH excluding ortho intramolecular Hbond substituents is 1. The molecule has 0 unspecified atom stereocenters. The first kappa shape index (κ1) is 17.0. The monoisotopic (exact) mass is 364 g/mol. The predicted octanol–water partition coefficient (Wildman–Crippen LogP) is 2.66. The maximum absolute atomic E-state index is 12.1. The molecule has 0 fully saturated rings. The zero-order valence-electron chi connectivity index (χ0n) is 15.6. The fourth-order valence-electron chi connectivity index (χ4n) is 3.38. The lowest BCUT2D eigenvalue weighted by molar-refractivity contribution is 0.373. The van der Waals surface area contributed by atoms with Crippen molar-refractivity contribution >= 4 is 11.0 Å². The number of rotatable bonds is 3. The third kappa shape index (κ3) is 2.59. The summed E-state index contributed by atoms with van der Waals surface area (Å²) in [6.07, 6.45) is 0. The van der Waals surface area contributed by atoms with Gasteiger partial charge in [0.25, 0.3) is 0 Å². The van der Waals surface area contributed by atoms with Gasteiger partial charge in [0.1, 0.15) is 0 Å². The number of imidazole rings is 1. The van der Waals surface area contributed by atoms with E-state index in [1.54, 1.807) is 40.0 Å². The van der Waals surface area contributed by atoms with Crippen molar-refractivity contribution in [3.8, 4) is 34.0 Å². The molecule has 0 spiro atoms. The fraction of sp³-hybridized carbons (Fsp3) is 0.200. The van der Waals surface area contributed by atoms with Crippen LogP contribution in [0.5, 0.6) is 11.5 Å². The number of hydrogen-bond acceptors (Lipinski definition) is 4. The average molecular weight is 364 g/mol. The van der Waals surface area contributed by atoms with Crippen molar-refractivity contribution in [3.63, 3.8) is 0 Å². The number of benzene rings is 2. The smallest absolute Gasteiger partial charge is 0.328 e. The molecule has 7 heteroatoms. The van der Waals surface area contributed by atoms with Crippen molar-refractivity contribution in [2.24, 2.45) is 21.1 Å².